The van der Waals surface area contributed by atoms with Gasteiger partial charge < -0.3 is 0 Å². The lowest BCUT2D eigenvalue weighted by molar-refractivity contribution is -0.120. The van der Waals surface area contributed by atoms with E-state index in [0.717, 1.165) is 113 Å². The molecular weight excluding hydrogens is 613 g/mol. The van der Waals surface area contributed by atoms with Crippen molar-refractivity contribution in [1.29, 1.82) is 0 Å². The molecule has 0 aliphatic heterocycles. The lowest BCUT2D eigenvalue weighted by Gasteiger charge is -2.11. The average Bonchev–Trinajstić information content (AvgIpc) is 3.12. The third kappa shape index (κ3) is 20.7. The highest BCUT2D eigenvalue weighted by molar-refractivity contribution is 6.43. The molecule has 278 valence electrons. The highest BCUT2D eigenvalue weighted by Gasteiger charge is 2.11. The third-order valence-corrected chi connectivity index (χ3v) is 9.73. The molecule has 0 radical (unpaired) electrons. The normalized spacial score (nSPS) is 12.1. The molecule has 0 saturated carbocycles. The van der Waals surface area contributed by atoms with E-state index in [4.69, 9.17) is 9.98 Å². The molecule has 0 aliphatic carbocycles. The van der Waals surface area contributed by atoms with Crippen molar-refractivity contribution in [2.75, 3.05) is 0 Å². The van der Waals surface area contributed by atoms with Crippen molar-refractivity contribution < 1.29 is 9.59 Å². The second-order valence-corrected chi connectivity index (χ2v) is 14.5. The first-order valence-corrected chi connectivity index (χ1v) is 20.9. The van der Waals surface area contributed by atoms with Crippen LogP contribution in [0.5, 0.6) is 0 Å². The van der Waals surface area contributed by atoms with Crippen LogP contribution in [0.2, 0.25) is 0 Å². The summed E-state index contributed by atoms with van der Waals surface area (Å²) in [5.41, 5.74) is 6.69. The minimum atomic E-state index is 0.418. The summed E-state index contributed by atoms with van der Waals surface area (Å²) in [5.74, 6) is 0.836. The molecule has 2 rings (SSSR count). The van der Waals surface area contributed by atoms with Gasteiger partial charge in [0.1, 0.15) is 11.6 Å². The fraction of sp³-hybridized carbons (Fsp3) is 0.652. The Morgan fingerprint density at radius 1 is 0.380 bits per heavy atom. The maximum atomic E-state index is 12.4. The molecule has 2 aromatic rings. The number of aliphatic imine (C=N–C) groups is 2. The van der Waals surface area contributed by atoms with Crippen LogP contribution in [0.25, 0.3) is 0 Å². The topological polar surface area (TPSA) is 58.9 Å². The summed E-state index contributed by atoms with van der Waals surface area (Å²) in [6.45, 7) is 8.94. The number of rotatable bonds is 31. The number of benzene rings is 2. The maximum absolute atomic E-state index is 12.4. The molecule has 4 nitrogen and oxygen atoms in total. The highest BCUT2D eigenvalue weighted by Crippen LogP contribution is 2.22. The predicted molar refractivity (Wildman–Crippen MR) is 218 cm³/mol. The summed E-state index contributed by atoms with van der Waals surface area (Å²) in [6.07, 6.45) is 27.6. The van der Waals surface area contributed by atoms with Gasteiger partial charge in [-0.05, 0) is 99.6 Å². The summed E-state index contributed by atoms with van der Waals surface area (Å²) in [6, 6.07) is 17.2. The van der Waals surface area contributed by atoms with Gasteiger partial charge in [0.05, 0.1) is 22.8 Å². The molecular formula is C46H72N2O2. The molecule has 0 fully saturated rings. The van der Waals surface area contributed by atoms with Crippen LogP contribution in [0.4, 0.5) is 11.4 Å². The summed E-state index contributed by atoms with van der Waals surface area (Å²) in [4.78, 5) is 35.0. The van der Waals surface area contributed by atoms with Crippen LogP contribution in [-0.4, -0.2) is 23.0 Å². The molecule has 50 heavy (non-hydrogen) atoms. The van der Waals surface area contributed by atoms with Crippen molar-refractivity contribution in [3.8, 4) is 0 Å². The smallest absolute Gasteiger partial charge is 0.132 e. The van der Waals surface area contributed by atoms with Gasteiger partial charge >= 0.3 is 0 Å². The van der Waals surface area contributed by atoms with E-state index in [1.165, 1.54) is 75.3 Å². The number of carbonyl (C=O) groups is 2. The van der Waals surface area contributed by atoms with E-state index in [9.17, 15) is 9.59 Å². The molecule has 0 aromatic heterocycles. The fourth-order valence-electron chi connectivity index (χ4n) is 6.44. The Balaban J connectivity index is 1.95. The largest absolute Gasteiger partial charge is 0.300 e. The van der Waals surface area contributed by atoms with Crippen LogP contribution in [0.3, 0.4) is 0 Å². The monoisotopic (exact) mass is 685 g/mol. The Hall–Kier alpha value is -2.88. The van der Waals surface area contributed by atoms with Gasteiger partial charge in [0.25, 0.3) is 0 Å². The zero-order chi connectivity index (χ0) is 36.1. The SMILES string of the molecule is CCCCCCCCC(=O)CCCc1ccc(N=C(CCCC)C(CCCC)=Nc2ccc(CCCC(=O)CCCCCCCC)cc2)cc1. The molecule has 0 aliphatic rings. The summed E-state index contributed by atoms with van der Waals surface area (Å²) in [7, 11) is 0. The van der Waals surface area contributed by atoms with Crippen LogP contribution < -0.4 is 0 Å². The molecule has 0 saturated heterocycles. The summed E-state index contributed by atoms with van der Waals surface area (Å²) < 4.78 is 0. The number of carbonyl (C=O) groups excluding carboxylic acids is 2. The zero-order valence-corrected chi connectivity index (χ0v) is 32.7. The fourth-order valence-corrected chi connectivity index (χ4v) is 6.44. The number of aryl methyl sites for hydroxylation is 2. The molecule has 2 aromatic carbocycles. The number of hydrogen-bond donors (Lipinski definition) is 0. The van der Waals surface area contributed by atoms with Crippen LogP contribution in [-0.2, 0) is 22.4 Å². The van der Waals surface area contributed by atoms with Gasteiger partial charge in [0.2, 0.25) is 0 Å². The van der Waals surface area contributed by atoms with Crippen LogP contribution in [0.15, 0.2) is 58.5 Å². The van der Waals surface area contributed by atoms with E-state index < -0.39 is 0 Å². The molecule has 0 amide bonds. The second kappa shape index (κ2) is 28.8. The second-order valence-electron chi connectivity index (χ2n) is 14.5. The van der Waals surface area contributed by atoms with E-state index in [1.807, 2.05) is 0 Å². The zero-order valence-electron chi connectivity index (χ0n) is 32.7. The minimum Gasteiger partial charge on any atom is -0.300 e. The lowest BCUT2D eigenvalue weighted by Crippen LogP contribution is -2.14. The third-order valence-electron chi connectivity index (χ3n) is 9.73. The van der Waals surface area contributed by atoms with Gasteiger partial charge in [-0.15, -0.1) is 0 Å². The van der Waals surface area contributed by atoms with Crippen LogP contribution >= 0.6 is 0 Å². The maximum Gasteiger partial charge on any atom is 0.132 e. The average molecular weight is 685 g/mol. The van der Waals surface area contributed by atoms with Gasteiger partial charge in [0, 0.05) is 25.7 Å². The number of nitrogens with zero attached hydrogens (tertiary/aromatic N) is 2. The number of hydrogen-bond acceptors (Lipinski definition) is 4. The Kier molecular flexibility index (Phi) is 24.9. The predicted octanol–water partition coefficient (Wildman–Crippen LogP) is 14.2. The Morgan fingerprint density at radius 3 is 1.06 bits per heavy atom. The van der Waals surface area contributed by atoms with E-state index in [2.05, 4.69) is 76.2 Å². The van der Waals surface area contributed by atoms with E-state index >= 15 is 0 Å². The van der Waals surface area contributed by atoms with E-state index in [1.54, 1.807) is 0 Å². The van der Waals surface area contributed by atoms with Crippen molar-refractivity contribution in [1.82, 2.24) is 0 Å². The quantitative estimate of drug-likeness (QED) is 0.0586. The lowest BCUT2D eigenvalue weighted by atomic mass is 10.0. The first kappa shape index (κ1) is 43.3. The number of unbranched alkanes of at least 4 members (excludes halogenated alkanes) is 12. The van der Waals surface area contributed by atoms with Crippen LogP contribution in [0.1, 0.15) is 193 Å². The van der Waals surface area contributed by atoms with Crippen molar-refractivity contribution in [3.63, 3.8) is 0 Å². The standard InChI is InChI=1S/C46H72N2O2/c1-5-9-13-15-17-19-25-43(49)27-21-23-39-31-35-41(36-32-39)47-45(29-11-7-3)46(30-12-8-4)48-42-37-33-40(34-38-42)24-22-28-44(50)26-20-18-16-14-10-6-2/h31-38H,5-30H2,1-4H3. The first-order valence-electron chi connectivity index (χ1n) is 20.9. The Bertz CT molecular complexity index is 1130. The summed E-state index contributed by atoms with van der Waals surface area (Å²) in [5, 5.41) is 0. The number of ketones is 2. The number of Topliss-reactive ketones (excluding diaryl/α,β-unsaturated/α-hetero) is 2. The summed E-state index contributed by atoms with van der Waals surface area (Å²) >= 11 is 0. The molecule has 0 atom stereocenters. The van der Waals surface area contributed by atoms with Gasteiger partial charge in [-0.2, -0.15) is 0 Å². The highest BCUT2D eigenvalue weighted by atomic mass is 16.1. The van der Waals surface area contributed by atoms with Gasteiger partial charge in [-0.3, -0.25) is 19.6 Å². The van der Waals surface area contributed by atoms with Crippen molar-refractivity contribution in [3.05, 3.63) is 59.7 Å². The molecule has 0 unspecified atom stereocenters. The van der Waals surface area contributed by atoms with Crippen molar-refractivity contribution in [2.24, 2.45) is 9.98 Å². The van der Waals surface area contributed by atoms with Gasteiger partial charge in [0.15, 0.2) is 0 Å². The first-order chi connectivity index (χ1) is 24.5. The molecule has 0 spiro atoms. The Morgan fingerprint density at radius 2 is 0.700 bits per heavy atom. The van der Waals surface area contributed by atoms with E-state index in [-0.39, 0.29) is 0 Å². The molecule has 0 bridgehead atoms. The Labute approximate surface area is 307 Å². The molecule has 0 N–H and O–H groups in total. The van der Waals surface area contributed by atoms with E-state index in [0.29, 0.717) is 24.4 Å². The van der Waals surface area contributed by atoms with Crippen LogP contribution in [0, 0.1) is 0 Å². The van der Waals surface area contributed by atoms with Crippen molar-refractivity contribution in [2.45, 2.75) is 195 Å². The van der Waals surface area contributed by atoms with Gasteiger partial charge in [-0.1, -0.05) is 129 Å². The minimum absolute atomic E-state index is 0.418. The molecule has 0 heterocycles. The van der Waals surface area contributed by atoms with Crippen molar-refractivity contribution >= 4 is 34.4 Å². The molecule has 4 heteroatoms. The van der Waals surface area contributed by atoms with Gasteiger partial charge in [-0.25, -0.2) is 0 Å².